The number of para-hydroxylation sites is 1. The van der Waals surface area contributed by atoms with Crippen molar-refractivity contribution in [3.05, 3.63) is 102 Å². The maximum Gasteiger partial charge on any atom is 0.259 e. The summed E-state index contributed by atoms with van der Waals surface area (Å²) in [4.78, 5) is 12.8. The highest BCUT2D eigenvalue weighted by Gasteiger charge is 2.16. The quantitative estimate of drug-likeness (QED) is 0.428. The second-order valence-corrected chi connectivity index (χ2v) is 7.14. The van der Waals surface area contributed by atoms with Crippen LogP contribution in [0.5, 0.6) is 11.5 Å². The molecule has 5 rings (SSSR count). The molecule has 0 unspecified atom stereocenters. The zero-order chi connectivity index (χ0) is 22.1. The van der Waals surface area contributed by atoms with Gasteiger partial charge in [0.2, 0.25) is 0 Å². The van der Waals surface area contributed by atoms with E-state index in [1.54, 1.807) is 59.0 Å². The SMILES string of the molecule is Cc1nn(-c2ccccc2)cc1C(=O)Nc1ccc(Oc2cccn3nccc23)c(F)c1. The summed E-state index contributed by atoms with van der Waals surface area (Å²) in [5, 5.41) is 11.3. The lowest BCUT2D eigenvalue weighted by atomic mass is 10.2. The fraction of sp³-hybridized carbons (Fsp3) is 0.0417. The summed E-state index contributed by atoms with van der Waals surface area (Å²) in [6.45, 7) is 1.75. The number of aromatic nitrogens is 4. The molecule has 3 aromatic heterocycles. The van der Waals surface area contributed by atoms with E-state index in [9.17, 15) is 9.18 Å². The van der Waals surface area contributed by atoms with Gasteiger partial charge in [0.15, 0.2) is 17.3 Å². The Morgan fingerprint density at radius 1 is 1.03 bits per heavy atom. The molecule has 0 fully saturated rings. The number of fused-ring (bicyclic) bond motifs is 1. The first-order chi connectivity index (χ1) is 15.6. The van der Waals surface area contributed by atoms with Crippen molar-refractivity contribution in [3.8, 4) is 17.2 Å². The summed E-state index contributed by atoms with van der Waals surface area (Å²) in [6, 6.07) is 19.1. The van der Waals surface area contributed by atoms with E-state index in [1.807, 2.05) is 30.3 Å². The Labute approximate surface area is 182 Å². The van der Waals surface area contributed by atoms with E-state index in [4.69, 9.17) is 4.74 Å². The van der Waals surface area contributed by atoms with E-state index >= 15 is 0 Å². The van der Waals surface area contributed by atoms with Gasteiger partial charge < -0.3 is 10.1 Å². The van der Waals surface area contributed by atoms with E-state index < -0.39 is 5.82 Å². The Balaban J connectivity index is 1.34. The number of hydrogen-bond acceptors (Lipinski definition) is 4. The van der Waals surface area contributed by atoms with Gasteiger partial charge in [-0.05, 0) is 49.4 Å². The van der Waals surface area contributed by atoms with Crippen LogP contribution in [-0.2, 0) is 0 Å². The maximum absolute atomic E-state index is 14.7. The molecule has 158 valence electrons. The first kappa shape index (κ1) is 19.5. The second-order valence-electron chi connectivity index (χ2n) is 7.14. The third-order valence-corrected chi connectivity index (χ3v) is 4.97. The molecule has 0 aliphatic heterocycles. The molecule has 3 heterocycles. The van der Waals surface area contributed by atoms with Gasteiger partial charge in [0.05, 0.1) is 23.1 Å². The minimum absolute atomic E-state index is 0.0466. The molecule has 0 saturated heterocycles. The predicted octanol–water partition coefficient (Wildman–Crippen LogP) is 5.01. The van der Waals surface area contributed by atoms with Crippen LogP contribution in [0, 0.1) is 12.7 Å². The first-order valence-electron chi connectivity index (χ1n) is 9.91. The highest BCUT2D eigenvalue weighted by Crippen LogP contribution is 2.29. The summed E-state index contributed by atoms with van der Waals surface area (Å²) >= 11 is 0. The van der Waals surface area contributed by atoms with Crippen LogP contribution in [0.2, 0.25) is 0 Å². The van der Waals surface area contributed by atoms with Crippen molar-refractivity contribution in [2.45, 2.75) is 6.92 Å². The van der Waals surface area contributed by atoms with E-state index in [0.717, 1.165) is 11.2 Å². The van der Waals surface area contributed by atoms with Crippen LogP contribution in [-0.4, -0.2) is 25.3 Å². The molecule has 1 amide bonds. The average Bonchev–Trinajstić information content (AvgIpc) is 3.43. The van der Waals surface area contributed by atoms with Gasteiger partial charge in [-0.25, -0.2) is 13.6 Å². The molecule has 0 saturated carbocycles. The number of carbonyl (C=O) groups excluding carboxylic acids is 1. The summed E-state index contributed by atoms with van der Waals surface area (Å²) in [5.74, 6) is -0.446. The third kappa shape index (κ3) is 3.69. The van der Waals surface area contributed by atoms with Crippen molar-refractivity contribution in [1.29, 1.82) is 0 Å². The summed E-state index contributed by atoms with van der Waals surface area (Å²) < 4.78 is 23.7. The Morgan fingerprint density at radius 2 is 1.88 bits per heavy atom. The monoisotopic (exact) mass is 427 g/mol. The lowest BCUT2D eigenvalue weighted by Crippen LogP contribution is -2.12. The molecule has 0 aliphatic rings. The van der Waals surface area contributed by atoms with Crippen LogP contribution in [0.25, 0.3) is 11.2 Å². The van der Waals surface area contributed by atoms with Gasteiger partial charge in [0.1, 0.15) is 5.52 Å². The summed E-state index contributed by atoms with van der Waals surface area (Å²) in [7, 11) is 0. The molecule has 0 spiro atoms. The van der Waals surface area contributed by atoms with Gasteiger partial charge in [-0.2, -0.15) is 10.2 Å². The predicted molar refractivity (Wildman–Crippen MR) is 118 cm³/mol. The molecule has 1 N–H and O–H groups in total. The van der Waals surface area contributed by atoms with Crippen molar-refractivity contribution in [3.63, 3.8) is 0 Å². The number of ether oxygens (including phenoxy) is 1. The van der Waals surface area contributed by atoms with E-state index in [0.29, 0.717) is 22.7 Å². The van der Waals surface area contributed by atoms with Crippen LogP contribution in [0.3, 0.4) is 0 Å². The van der Waals surface area contributed by atoms with Gasteiger partial charge in [0, 0.05) is 24.1 Å². The van der Waals surface area contributed by atoms with Crippen molar-refractivity contribution in [2.75, 3.05) is 5.32 Å². The molecule has 8 heteroatoms. The molecular formula is C24H18FN5O2. The number of carbonyl (C=O) groups is 1. The molecule has 7 nitrogen and oxygen atoms in total. The van der Waals surface area contributed by atoms with Crippen LogP contribution >= 0.6 is 0 Å². The molecule has 5 aromatic rings. The lowest BCUT2D eigenvalue weighted by Gasteiger charge is -2.10. The number of benzene rings is 2. The van der Waals surface area contributed by atoms with E-state index in [2.05, 4.69) is 15.5 Å². The van der Waals surface area contributed by atoms with Crippen molar-refractivity contribution in [2.24, 2.45) is 0 Å². The van der Waals surface area contributed by atoms with Crippen LogP contribution in [0.15, 0.2) is 85.3 Å². The molecule has 32 heavy (non-hydrogen) atoms. The Morgan fingerprint density at radius 3 is 2.69 bits per heavy atom. The Hall–Kier alpha value is -4.46. The fourth-order valence-electron chi connectivity index (χ4n) is 3.39. The maximum atomic E-state index is 14.7. The first-order valence-corrected chi connectivity index (χ1v) is 9.91. The Bertz CT molecular complexity index is 1430. The highest BCUT2D eigenvalue weighted by molar-refractivity contribution is 6.05. The molecular weight excluding hydrogens is 409 g/mol. The smallest absolute Gasteiger partial charge is 0.259 e. The van der Waals surface area contributed by atoms with Crippen molar-refractivity contribution < 1.29 is 13.9 Å². The largest absolute Gasteiger partial charge is 0.452 e. The molecule has 0 atom stereocenters. The van der Waals surface area contributed by atoms with Gasteiger partial charge in [-0.1, -0.05) is 18.2 Å². The zero-order valence-corrected chi connectivity index (χ0v) is 17.1. The van der Waals surface area contributed by atoms with Gasteiger partial charge in [-0.3, -0.25) is 4.79 Å². The van der Waals surface area contributed by atoms with Crippen molar-refractivity contribution >= 4 is 17.1 Å². The number of pyridine rings is 1. The minimum Gasteiger partial charge on any atom is -0.452 e. The topological polar surface area (TPSA) is 73.5 Å². The standard InChI is InChI=1S/C24H18FN5O2/c1-16-19(15-30(28-16)18-6-3-2-4-7-18)24(31)27-17-9-10-22(20(25)14-17)32-23-8-5-13-29-21(23)11-12-26-29/h2-15H,1H3,(H,27,31). The van der Waals surface area contributed by atoms with Crippen LogP contribution in [0.4, 0.5) is 10.1 Å². The number of rotatable bonds is 5. The number of amides is 1. The minimum atomic E-state index is -0.596. The van der Waals surface area contributed by atoms with Gasteiger partial charge >= 0.3 is 0 Å². The third-order valence-electron chi connectivity index (χ3n) is 4.97. The fourth-order valence-corrected chi connectivity index (χ4v) is 3.39. The molecule has 0 radical (unpaired) electrons. The lowest BCUT2D eigenvalue weighted by molar-refractivity contribution is 0.102. The summed E-state index contributed by atoms with van der Waals surface area (Å²) in [5.41, 5.74) is 2.85. The van der Waals surface area contributed by atoms with Crippen LogP contribution in [0.1, 0.15) is 16.1 Å². The number of anilines is 1. The highest BCUT2D eigenvalue weighted by atomic mass is 19.1. The van der Waals surface area contributed by atoms with Crippen molar-refractivity contribution in [1.82, 2.24) is 19.4 Å². The second kappa shape index (κ2) is 7.99. The summed E-state index contributed by atoms with van der Waals surface area (Å²) in [6.07, 6.45) is 5.07. The van der Waals surface area contributed by atoms with Crippen LogP contribution < -0.4 is 10.1 Å². The molecule has 2 aromatic carbocycles. The number of nitrogens with zero attached hydrogens (tertiary/aromatic N) is 4. The van der Waals surface area contributed by atoms with Gasteiger partial charge in [0.25, 0.3) is 5.91 Å². The number of hydrogen-bond donors (Lipinski definition) is 1. The number of aryl methyl sites for hydroxylation is 1. The Kier molecular flexibility index (Phi) is 4.87. The average molecular weight is 427 g/mol. The number of nitrogens with one attached hydrogen (secondary N) is 1. The molecule has 0 bridgehead atoms. The van der Waals surface area contributed by atoms with E-state index in [1.165, 1.54) is 12.1 Å². The normalized spacial score (nSPS) is 10.9. The van der Waals surface area contributed by atoms with Gasteiger partial charge in [-0.15, -0.1) is 0 Å². The van der Waals surface area contributed by atoms with E-state index in [-0.39, 0.29) is 11.7 Å². The zero-order valence-electron chi connectivity index (χ0n) is 17.1. The molecule has 0 aliphatic carbocycles. The number of halogens is 1.